The van der Waals surface area contributed by atoms with Crippen molar-refractivity contribution in [3.05, 3.63) is 53.7 Å². The monoisotopic (exact) mass is 369 g/mol. The minimum atomic E-state index is -0.332. The van der Waals surface area contributed by atoms with E-state index in [1.54, 1.807) is 39.3 Å². The Bertz CT molecular complexity index is 924. The molecule has 0 saturated heterocycles. The van der Waals surface area contributed by atoms with Crippen molar-refractivity contribution in [2.45, 2.75) is 13.5 Å². The molecule has 9 heteroatoms. The van der Waals surface area contributed by atoms with Crippen molar-refractivity contribution in [2.75, 3.05) is 19.5 Å². The SMILES string of the molecule is COc1ccc(CNC(=O)c2cnc(Nc3cc(C)on3)cn2)cc1OC. The molecule has 1 amide bonds. The highest BCUT2D eigenvalue weighted by Crippen LogP contribution is 2.27. The van der Waals surface area contributed by atoms with Crippen LogP contribution in [-0.4, -0.2) is 35.3 Å². The summed E-state index contributed by atoms with van der Waals surface area (Å²) in [6.07, 6.45) is 2.84. The molecule has 0 aliphatic carbocycles. The number of rotatable bonds is 7. The molecule has 0 bridgehead atoms. The summed E-state index contributed by atoms with van der Waals surface area (Å²) in [5, 5.41) is 9.53. The van der Waals surface area contributed by atoms with Crippen LogP contribution in [0.3, 0.4) is 0 Å². The lowest BCUT2D eigenvalue weighted by atomic mass is 10.2. The van der Waals surface area contributed by atoms with Gasteiger partial charge >= 0.3 is 0 Å². The number of benzene rings is 1. The molecule has 3 rings (SSSR count). The van der Waals surface area contributed by atoms with Crippen LogP contribution in [0.2, 0.25) is 0 Å². The van der Waals surface area contributed by atoms with Gasteiger partial charge in [-0.25, -0.2) is 9.97 Å². The second-order valence-electron chi connectivity index (χ2n) is 5.61. The van der Waals surface area contributed by atoms with Gasteiger partial charge in [-0.15, -0.1) is 0 Å². The minimum absolute atomic E-state index is 0.206. The first kappa shape index (κ1) is 18.2. The number of nitrogens with zero attached hydrogens (tertiary/aromatic N) is 3. The molecule has 0 aliphatic rings. The van der Waals surface area contributed by atoms with E-state index in [-0.39, 0.29) is 11.6 Å². The average molecular weight is 369 g/mol. The quantitative estimate of drug-likeness (QED) is 0.653. The molecule has 27 heavy (non-hydrogen) atoms. The number of methoxy groups -OCH3 is 2. The number of aromatic nitrogens is 3. The highest BCUT2D eigenvalue weighted by atomic mass is 16.5. The van der Waals surface area contributed by atoms with Gasteiger partial charge in [0.15, 0.2) is 17.3 Å². The zero-order valence-corrected chi connectivity index (χ0v) is 15.1. The van der Waals surface area contributed by atoms with Crippen LogP contribution in [0.1, 0.15) is 21.8 Å². The third-order valence-corrected chi connectivity index (χ3v) is 3.67. The summed E-state index contributed by atoms with van der Waals surface area (Å²) in [5.74, 6) is 2.55. The topological polar surface area (TPSA) is 111 Å². The molecule has 2 heterocycles. The van der Waals surface area contributed by atoms with Crippen LogP contribution in [0.5, 0.6) is 11.5 Å². The maximum atomic E-state index is 12.3. The molecule has 0 saturated carbocycles. The molecule has 0 atom stereocenters. The number of carbonyl (C=O) groups excluding carboxylic acids is 1. The van der Waals surface area contributed by atoms with Crippen LogP contribution >= 0.6 is 0 Å². The number of hydrogen-bond donors (Lipinski definition) is 2. The van der Waals surface area contributed by atoms with E-state index < -0.39 is 0 Å². The van der Waals surface area contributed by atoms with E-state index in [1.165, 1.54) is 12.4 Å². The fourth-order valence-electron chi connectivity index (χ4n) is 2.33. The first-order chi connectivity index (χ1) is 13.1. The molecule has 0 aliphatic heterocycles. The van der Waals surface area contributed by atoms with Gasteiger partial charge in [-0.1, -0.05) is 11.2 Å². The third-order valence-electron chi connectivity index (χ3n) is 3.67. The maximum Gasteiger partial charge on any atom is 0.271 e. The largest absolute Gasteiger partial charge is 0.493 e. The molecule has 0 unspecified atom stereocenters. The second kappa shape index (κ2) is 8.17. The van der Waals surface area contributed by atoms with Gasteiger partial charge in [0, 0.05) is 12.6 Å². The van der Waals surface area contributed by atoms with Gasteiger partial charge in [0.1, 0.15) is 17.3 Å². The summed E-state index contributed by atoms with van der Waals surface area (Å²) in [5.41, 5.74) is 1.08. The second-order valence-corrected chi connectivity index (χ2v) is 5.61. The zero-order valence-electron chi connectivity index (χ0n) is 15.1. The number of carbonyl (C=O) groups is 1. The summed E-state index contributed by atoms with van der Waals surface area (Å²) in [6, 6.07) is 7.16. The highest BCUT2D eigenvalue weighted by Gasteiger charge is 2.10. The average Bonchev–Trinajstić information content (AvgIpc) is 3.11. The third kappa shape index (κ3) is 4.51. The minimum Gasteiger partial charge on any atom is -0.493 e. The van der Waals surface area contributed by atoms with Crippen LogP contribution < -0.4 is 20.1 Å². The Morgan fingerprint density at radius 1 is 1.07 bits per heavy atom. The normalized spacial score (nSPS) is 10.3. The Morgan fingerprint density at radius 2 is 1.89 bits per heavy atom. The van der Waals surface area contributed by atoms with Crippen molar-refractivity contribution < 1.29 is 18.8 Å². The van der Waals surface area contributed by atoms with Gasteiger partial charge < -0.3 is 24.6 Å². The Hall–Kier alpha value is -3.62. The number of hydrogen-bond acceptors (Lipinski definition) is 8. The number of aryl methyl sites for hydroxylation is 1. The van der Waals surface area contributed by atoms with Gasteiger partial charge in [-0.3, -0.25) is 4.79 Å². The van der Waals surface area contributed by atoms with Crippen molar-refractivity contribution in [1.82, 2.24) is 20.4 Å². The van der Waals surface area contributed by atoms with Crippen LogP contribution in [0.15, 0.2) is 41.2 Å². The molecule has 1 aromatic carbocycles. The van der Waals surface area contributed by atoms with Gasteiger partial charge in [-0.05, 0) is 24.6 Å². The molecule has 0 radical (unpaired) electrons. The molecule has 0 fully saturated rings. The van der Waals surface area contributed by atoms with Gasteiger partial charge in [-0.2, -0.15) is 0 Å². The van der Waals surface area contributed by atoms with Crippen molar-refractivity contribution in [1.29, 1.82) is 0 Å². The van der Waals surface area contributed by atoms with Crippen molar-refractivity contribution >= 4 is 17.5 Å². The summed E-state index contributed by atoms with van der Waals surface area (Å²) in [4.78, 5) is 20.5. The first-order valence-corrected chi connectivity index (χ1v) is 8.10. The van der Waals surface area contributed by atoms with E-state index in [0.29, 0.717) is 35.4 Å². The molecule has 2 N–H and O–H groups in total. The highest BCUT2D eigenvalue weighted by molar-refractivity contribution is 5.92. The van der Waals surface area contributed by atoms with E-state index in [2.05, 4.69) is 25.8 Å². The molecule has 9 nitrogen and oxygen atoms in total. The van der Waals surface area contributed by atoms with E-state index >= 15 is 0 Å². The van der Waals surface area contributed by atoms with E-state index in [4.69, 9.17) is 14.0 Å². The maximum absolute atomic E-state index is 12.3. The molecule has 0 spiro atoms. The smallest absolute Gasteiger partial charge is 0.271 e. The fraction of sp³-hybridized carbons (Fsp3) is 0.222. The van der Waals surface area contributed by atoms with E-state index in [9.17, 15) is 4.79 Å². The van der Waals surface area contributed by atoms with E-state index in [1.807, 2.05) is 6.07 Å². The summed E-state index contributed by atoms with van der Waals surface area (Å²) >= 11 is 0. The number of amides is 1. The Morgan fingerprint density at radius 3 is 2.52 bits per heavy atom. The molecule has 140 valence electrons. The Kier molecular flexibility index (Phi) is 5.50. The van der Waals surface area contributed by atoms with Gasteiger partial charge in [0.25, 0.3) is 5.91 Å². The van der Waals surface area contributed by atoms with Gasteiger partial charge in [0.05, 0.1) is 26.6 Å². The predicted octanol–water partition coefficient (Wildman–Crippen LogP) is 2.46. The summed E-state index contributed by atoms with van der Waals surface area (Å²) < 4.78 is 15.4. The van der Waals surface area contributed by atoms with Crippen molar-refractivity contribution in [2.24, 2.45) is 0 Å². The van der Waals surface area contributed by atoms with Gasteiger partial charge in [0.2, 0.25) is 0 Å². The van der Waals surface area contributed by atoms with Crippen molar-refractivity contribution in [3.8, 4) is 11.5 Å². The van der Waals surface area contributed by atoms with E-state index in [0.717, 1.165) is 5.56 Å². The first-order valence-electron chi connectivity index (χ1n) is 8.10. The Labute approximate surface area is 155 Å². The Balaban J connectivity index is 1.59. The molecule has 2 aromatic heterocycles. The molecular formula is C18H19N5O4. The lowest BCUT2D eigenvalue weighted by Gasteiger charge is -2.10. The predicted molar refractivity (Wildman–Crippen MR) is 97.3 cm³/mol. The number of nitrogens with one attached hydrogen (secondary N) is 2. The molecule has 3 aromatic rings. The van der Waals surface area contributed by atoms with Crippen LogP contribution in [0.25, 0.3) is 0 Å². The number of anilines is 2. The number of ether oxygens (including phenoxy) is 2. The molecular weight excluding hydrogens is 350 g/mol. The van der Waals surface area contributed by atoms with Crippen LogP contribution in [0, 0.1) is 6.92 Å². The standard InChI is InChI=1S/C18H19N5O4/c1-11-6-16(23-27-11)22-17-10-19-13(9-20-17)18(24)21-8-12-4-5-14(25-2)15(7-12)26-3/h4-7,9-10H,8H2,1-3H3,(H,21,24)(H,20,22,23). The lowest BCUT2D eigenvalue weighted by Crippen LogP contribution is -2.24. The summed E-state index contributed by atoms with van der Waals surface area (Å²) in [7, 11) is 3.13. The lowest BCUT2D eigenvalue weighted by molar-refractivity contribution is 0.0945. The zero-order chi connectivity index (χ0) is 19.2. The van der Waals surface area contributed by atoms with Crippen LogP contribution in [0.4, 0.5) is 11.6 Å². The van der Waals surface area contributed by atoms with Crippen molar-refractivity contribution in [3.63, 3.8) is 0 Å². The van der Waals surface area contributed by atoms with Crippen LogP contribution in [-0.2, 0) is 6.54 Å². The summed E-state index contributed by atoms with van der Waals surface area (Å²) in [6.45, 7) is 2.11. The fourth-order valence-corrected chi connectivity index (χ4v) is 2.33.